The number of likely N-dealkylation sites (tertiary alicyclic amines) is 1. The molecule has 4 rings (SSSR count). The SMILES string of the molecule is Cc1cc(Cc2ccccc2C)cc([C@H]2CCCN2C(=O)c2c(C(C)C)noc2C)n1. The molecule has 162 valence electrons. The second-order valence-corrected chi connectivity index (χ2v) is 8.96. The number of carbonyl (C=O) groups is 1. The van der Waals surface area contributed by atoms with Gasteiger partial charge in [0, 0.05) is 12.2 Å². The van der Waals surface area contributed by atoms with Crippen LogP contribution in [0, 0.1) is 20.8 Å². The average molecular weight is 418 g/mol. The molecule has 3 heterocycles. The van der Waals surface area contributed by atoms with E-state index in [9.17, 15) is 4.79 Å². The van der Waals surface area contributed by atoms with Gasteiger partial charge in [0.15, 0.2) is 0 Å². The molecule has 1 saturated heterocycles. The molecule has 5 nitrogen and oxygen atoms in total. The van der Waals surface area contributed by atoms with Crippen LogP contribution in [0.15, 0.2) is 40.9 Å². The van der Waals surface area contributed by atoms with E-state index in [4.69, 9.17) is 9.51 Å². The van der Waals surface area contributed by atoms with Crippen LogP contribution in [0.2, 0.25) is 0 Å². The number of amides is 1. The fraction of sp³-hybridized carbons (Fsp3) is 0.423. The highest BCUT2D eigenvalue weighted by Gasteiger charge is 2.35. The van der Waals surface area contributed by atoms with Gasteiger partial charge < -0.3 is 9.42 Å². The quantitative estimate of drug-likeness (QED) is 0.535. The maximum Gasteiger partial charge on any atom is 0.259 e. The zero-order chi connectivity index (χ0) is 22.1. The van der Waals surface area contributed by atoms with Crippen molar-refractivity contribution in [1.82, 2.24) is 15.0 Å². The van der Waals surface area contributed by atoms with Crippen molar-refractivity contribution < 1.29 is 9.32 Å². The Hall–Kier alpha value is -2.95. The number of pyridine rings is 1. The largest absolute Gasteiger partial charge is 0.361 e. The number of carbonyl (C=O) groups excluding carboxylic acids is 1. The summed E-state index contributed by atoms with van der Waals surface area (Å²) in [6.45, 7) is 10.8. The second kappa shape index (κ2) is 8.66. The molecule has 0 bridgehead atoms. The molecule has 2 aromatic heterocycles. The molecule has 0 radical (unpaired) electrons. The van der Waals surface area contributed by atoms with Crippen LogP contribution in [0.3, 0.4) is 0 Å². The summed E-state index contributed by atoms with van der Waals surface area (Å²) in [5, 5.41) is 4.15. The van der Waals surface area contributed by atoms with Gasteiger partial charge in [0.2, 0.25) is 0 Å². The molecule has 31 heavy (non-hydrogen) atoms. The predicted molar refractivity (Wildman–Crippen MR) is 121 cm³/mol. The molecule has 1 amide bonds. The fourth-order valence-electron chi connectivity index (χ4n) is 4.57. The Bertz CT molecular complexity index is 1100. The first-order valence-electron chi connectivity index (χ1n) is 11.1. The first-order chi connectivity index (χ1) is 14.8. The normalized spacial score (nSPS) is 16.3. The summed E-state index contributed by atoms with van der Waals surface area (Å²) < 4.78 is 5.38. The molecule has 1 atom stereocenters. The van der Waals surface area contributed by atoms with Crippen molar-refractivity contribution in [3.05, 3.63) is 81.5 Å². The number of hydrogen-bond donors (Lipinski definition) is 0. The summed E-state index contributed by atoms with van der Waals surface area (Å²) in [6.07, 6.45) is 2.76. The molecule has 5 heteroatoms. The van der Waals surface area contributed by atoms with Gasteiger partial charge in [-0.25, -0.2) is 0 Å². The second-order valence-electron chi connectivity index (χ2n) is 8.96. The Labute approximate surface area is 184 Å². The topological polar surface area (TPSA) is 59.2 Å². The van der Waals surface area contributed by atoms with Gasteiger partial charge in [0.1, 0.15) is 11.3 Å². The summed E-state index contributed by atoms with van der Waals surface area (Å²) in [6, 6.07) is 12.8. The van der Waals surface area contributed by atoms with Gasteiger partial charge in [-0.2, -0.15) is 0 Å². The first kappa shape index (κ1) is 21.3. The molecule has 1 fully saturated rings. The third-order valence-corrected chi connectivity index (χ3v) is 6.19. The number of aromatic nitrogens is 2. The van der Waals surface area contributed by atoms with Crippen LogP contribution in [0.5, 0.6) is 0 Å². The molecule has 1 aliphatic heterocycles. The monoisotopic (exact) mass is 417 g/mol. The van der Waals surface area contributed by atoms with Crippen LogP contribution in [0.25, 0.3) is 0 Å². The summed E-state index contributed by atoms with van der Waals surface area (Å²) in [7, 11) is 0. The number of benzene rings is 1. The van der Waals surface area contributed by atoms with Crippen molar-refractivity contribution in [2.24, 2.45) is 0 Å². The van der Waals surface area contributed by atoms with E-state index in [1.54, 1.807) is 0 Å². The van der Waals surface area contributed by atoms with E-state index in [2.05, 4.69) is 48.5 Å². The molecule has 1 aliphatic rings. The predicted octanol–water partition coefficient (Wildman–Crippen LogP) is 5.69. The Balaban J connectivity index is 1.65. The zero-order valence-electron chi connectivity index (χ0n) is 19.1. The Morgan fingerprint density at radius 1 is 1.19 bits per heavy atom. The maximum atomic E-state index is 13.5. The van der Waals surface area contributed by atoms with Crippen molar-refractivity contribution in [3.8, 4) is 0 Å². The molecule has 0 unspecified atom stereocenters. The maximum absolute atomic E-state index is 13.5. The van der Waals surface area contributed by atoms with Gasteiger partial charge >= 0.3 is 0 Å². The van der Waals surface area contributed by atoms with Crippen LogP contribution in [-0.4, -0.2) is 27.5 Å². The lowest BCUT2D eigenvalue weighted by molar-refractivity contribution is 0.0729. The van der Waals surface area contributed by atoms with Gasteiger partial charge in [0.05, 0.1) is 17.4 Å². The van der Waals surface area contributed by atoms with Gasteiger partial charge in [-0.1, -0.05) is 43.3 Å². The lowest BCUT2D eigenvalue weighted by Gasteiger charge is -2.25. The average Bonchev–Trinajstić information content (AvgIpc) is 3.36. The molecular formula is C26H31N3O2. The molecular weight excluding hydrogens is 386 g/mol. The van der Waals surface area contributed by atoms with Crippen LogP contribution in [0.1, 0.15) is 88.5 Å². The molecule has 1 aromatic carbocycles. The van der Waals surface area contributed by atoms with Crippen molar-refractivity contribution in [2.75, 3.05) is 6.54 Å². The minimum Gasteiger partial charge on any atom is -0.361 e. The molecule has 0 N–H and O–H groups in total. The van der Waals surface area contributed by atoms with E-state index in [0.717, 1.165) is 42.9 Å². The summed E-state index contributed by atoms with van der Waals surface area (Å²) >= 11 is 0. The third kappa shape index (κ3) is 4.27. The third-order valence-electron chi connectivity index (χ3n) is 6.19. The van der Waals surface area contributed by atoms with E-state index < -0.39 is 0 Å². The highest BCUT2D eigenvalue weighted by molar-refractivity contribution is 5.96. The first-order valence-corrected chi connectivity index (χ1v) is 11.1. The van der Waals surface area contributed by atoms with Gasteiger partial charge in [-0.15, -0.1) is 0 Å². The van der Waals surface area contributed by atoms with Gasteiger partial charge in [-0.3, -0.25) is 9.78 Å². The molecule has 0 saturated carbocycles. The Kier molecular flexibility index (Phi) is 5.94. The minimum absolute atomic E-state index is 0.00806. The van der Waals surface area contributed by atoms with E-state index >= 15 is 0 Å². The van der Waals surface area contributed by atoms with Crippen molar-refractivity contribution >= 4 is 5.91 Å². The van der Waals surface area contributed by atoms with Crippen LogP contribution in [0.4, 0.5) is 0 Å². The standard InChI is InChI=1S/C26H31N3O2/c1-16(2)25-24(19(5)31-28-25)26(30)29-12-8-11-23(29)22-15-20(13-18(4)27-22)14-21-10-7-6-9-17(21)3/h6-7,9-10,13,15-16,23H,8,11-12,14H2,1-5H3/t23-/m1/s1. The summed E-state index contributed by atoms with van der Waals surface area (Å²) in [4.78, 5) is 20.3. The molecule has 0 spiro atoms. The summed E-state index contributed by atoms with van der Waals surface area (Å²) in [5.41, 5.74) is 7.18. The number of hydrogen-bond acceptors (Lipinski definition) is 4. The molecule has 0 aliphatic carbocycles. The number of aryl methyl sites for hydroxylation is 3. The molecule has 3 aromatic rings. The van der Waals surface area contributed by atoms with E-state index in [-0.39, 0.29) is 17.9 Å². The minimum atomic E-state index is -0.0164. The van der Waals surface area contributed by atoms with E-state index in [1.807, 2.05) is 32.6 Å². The lowest BCUT2D eigenvalue weighted by Crippen LogP contribution is -2.32. The van der Waals surface area contributed by atoms with E-state index in [0.29, 0.717) is 11.3 Å². The lowest BCUT2D eigenvalue weighted by atomic mass is 9.98. The Morgan fingerprint density at radius 2 is 1.97 bits per heavy atom. The number of rotatable bonds is 5. The van der Waals surface area contributed by atoms with Crippen molar-refractivity contribution in [2.45, 2.75) is 65.8 Å². The highest BCUT2D eigenvalue weighted by atomic mass is 16.5. The van der Waals surface area contributed by atoms with Crippen LogP contribution >= 0.6 is 0 Å². The van der Waals surface area contributed by atoms with Gasteiger partial charge in [0.25, 0.3) is 5.91 Å². The summed E-state index contributed by atoms with van der Waals surface area (Å²) in [5.74, 6) is 0.737. The van der Waals surface area contributed by atoms with E-state index in [1.165, 1.54) is 16.7 Å². The van der Waals surface area contributed by atoms with Crippen molar-refractivity contribution in [3.63, 3.8) is 0 Å². The van der Waals surface area contributed by atoms with Crippen LogP contribution < -0.4 is 0 Å². The Morgan fingerprint density at radius 3 is 2.71 bits per heavy atom. The van der Waals surface area contributed by atoms with Crippen LogP contribution in [-0.2, 0) is 6.42 Å². The smallest absolute Gasteiger partial charge is 0.259 e. The van der Waals surface area contributed by atoms with Gasteiger partial charge in [-0.05, 0) is 74.8 Å². The highest BCUT2D eigenvalue weighted by Crippen LogP contribution is 2.35. The zero-order valence-corrected chi connectivity index (χ0v) is 19.1. The van der Waals surface area contributed by atoms with Crippen molar-refractivity contribution in [1.29, 1.82) is 0 Å². The fourth-order valence-corrected chi connectivity index (χ4v) is 4.57. The number of nitrogens with zero attached hydrogens (tertiary/aromatic N) is 3.